The highest BCUT2D eigenvalue weighted by molar-refractivity contribution is 5.90. The molecule has 0 unspecified atom stereocenters. The van der Waals surface area contributed by atoms with Crippen LogP contribution in [-0.2, 0) is 4.74 Å². The van der Waals surface area contributed by atoms with Crippen molar-refractivity contribution in [3.8, 4) is 5.75 Å². The number of hydrogen-bond donors (Lipinski definition) is 2. The number of nitrogens with one attached hydrogen (secondary N) is 2. The molecule has 0 radical (unpaired) electrons. The molecule has 2 N–H and O–H groups in total. The largest absolute Gasteiger partial charge is 0.493 e. The Hall–Kier alpha value is -2.27. The van der Waals surface area contributed by atoms with Gasteiger partial charge in [-0.1, -0.05) is 36.4 Å². The van der Waals surface area contributed by atoms with Gasteiger partial charge in [-0.3, -0.25) is 0 Å². The van der Waals surface area contributed by atoms with Gasteiger partial charge in [0.1, 0.15) is 5.75 Å². The molecule has 1 saturated heterocycles. The lowest BCUT2D eigenvalue weighted by Crippen LogP contribution is -2.46. The third-order valence-electron chi connectivity index (χ3n) is 4.97. The quantitative estimate of drug-likeness (QED) is 0.879. The molecule has 0 aromatic heterocycles. The van der Waals surface area contributed by atoms with Crippen LogP contribution in [0.3, 0.4) is 0 Å². The lowest BCUT2D eigenvalue weighted by molar-refractivity contribution is 0.0730. The normalized spacial score (nSPS) is 23.2. The molecule has 1 fully saturated rings. The van der Waals surface area contributed by atoms with Gasteiger partial charge in [-0.2, -0.15) is 0 Å². The fraction of sp³-hybridized carbons (Fsp3) is 0.450. The van der Waals surface area contributed by atoms with Crippen LogP contribution in [0.4, 0.5) is 4.79 Å². The van der Waals surface area contributed by atoms with Gasteiger partial charge in [0.05, 0.1) is 25.3 Å². The summed E-state index contributed by atoms with van der Waals surface area (Å²) < 4.78 is 11.5. The van der Waals surface area contributed by atoms with Gasteiger partial charge >= 0.3 is 6.03 Å². The highest BCUT2D eigenvalue weighted by Crippen LogP contribution is 2.37. The maximum absolute atomic E-state index is 12.4. The van der Waals surface area contributed by atoms with Crippen molar-refractivity contribution in [2.24, 2.45) is 0 Å². The average Bonchev–Trinajstić information content (AvgIpc) is 2.85. The topological polar surface area (TPSA) is 59.6 Å². The SMILES string of the molecule is O=C(N[C@@H]1CCCOC1)N[C@@H]1CCCOc2c1ccc1ccccc21. The molecule has 2 amide bonds. The third-order valence-corrected chi connectivity index (χ3v) is 4.97. The molecule has 0 bridgehead atoms. The fourth-order valence-corrected chi connectivity index (χ4v) is 3.70. The van der Waals surface area contributed by atoms with E-state index in [4.69, 9.17) is 9.47 Å². The zero-order chi connectivity index (χ0) is 17.1. The van der Waals surface area contributed by atoms with E-state index in [1.54, 1.807) is 0 Å². The molecule has 2 aromatic rings. The number of carbonyl (C=O) groups excluding carboxylic acids is 1. The number of ether oxygens (including phenoxy) is 2. The molecule has 0 aliphatic carbocycles. The van der Waals surface area contributed by atoms with Crippen LogP contribution in [0.5, 0.6) is 5.75 Å². The summed E-state index contributed by atoms with van der Waals surface area (Å²) in [6.07, 6.45) is 3.76. The zero-order valence-corrected chi connectivity index (χ0v) is 14.3. The minimum Gasteiger partial charge on any atom is -0.493 e. The second kappa shape index (κ2) is 7.31. The van der Waals surface area contributed by atoms with Crippen LogP contribution < -0.4 is 15.4 Å². The summed E-state index contributed by atoms with van der Waals surface area (Å²) in [6, 6.07) is 12.3. The van der Waals surface area contributed by atoms with E-state index in [1.165, 1.54) is 0 Å². The first-order valence-electron chi connectivity index (χ1n) is 9.10. The Morgan fingerprint density at radius 1 is 1.00 bits per heavy atom. The van der Waals surface area contributed by atoms with Gasteiger partial charge in [0.2, 0.25) is 0 Å². The molecular formula is C20H24N2O3. The van der Waals surface area contributed by atoms with E-state index in [0.29, 0.717) is 13.2 Å². The predicted molar refractivity (Wildman–Crippen MR) is 96.9 cm³/mol. The van der Waals surface area contributed by atoms with Crippen molar-refractivity contribution in [3.63, 3.8) is 0 Å². The first-order valence-corrected chi connectivity index (χ1v) is 9.10. The molecule has 5 nitrogen and oxygen atoms in total. The molecule has 5 heteroatoms. The average molecular weight is 340 g/mol. The molecule has 132 valence electrons. The van der Waals surface area contributed by atoms with Crippen LogP contribution in [0.2, 0.25) is 0 Å². The molecule has 2 aliphatic rings. The van der Waals surface area contributed by atoms with E-state index in [-0.39, 0.29) is 18.1 Å². The van der Waals surface area contributed by atoms with Crippen molar-refractivity contribution in [3.05, 3.63) is 42.0 Å². The number of urea groups is 1. The van der Waals surface area contributed by atoms with E-state index in [0.717, 1.165) is 54.4 Å². The van der Waals surface area contributed by atoms with Gasteiger partial charge in [-0.25, -0.2) is 4.79 Å². The van der Waals surface area contributed by atoms with Crippen molar-refractivity contribution >= 4 is 16.8 Å². The summed E-state index contributed by atoms with van der Waals surface area (Å²) in [5, 5.41) is 8.44. The summed E-state index contributed by atoms with van der Waals surface area (Å²) in [6.45, 7) is 2.07. The number of benzene rings is 2. The molecule has 0 saturated carbocycles. The van der Waals surface area contributed by atoms with Crippen LogP contribution in [0, 0.1) is 0 Å². The summed E-state index contributed by atoms with van der Waals surface area (Å²) in [4.78, 5) is 12.4. The van der Waals surface area contributed by atoms with E-state index < -0.39 is 0 Å². The zero-order valence-electron chi connectivity index (χ0n) is 14.3. The Morgan fingerprint density at radius 2 is 1.88 bits per heavy atom. The lowest BCUT2D eigenvalue weighted by Gasteiger charge is -2.25. The number of rotatable bonds is 2. The second-order valence-corrected chi connectivity index (χ2v) is 6.78. The predicted octanol–water partition coefficient (Wildman–Crippen LogP) is 3.53. The standard InChI is InChI=1S/C20H24N2O3/c23-20(21-15-6-3-11-24-13-15)22-18-8-4-12-25-19-16-7-2-1-5-14(16)9-10-17(18)19/h1-2,5,7,9-10,15,18H,3-4,6,8,11-13H2,(H2,21,22,23)/t15-,18-/m1/s1. The van der Waals surface area contributed by atoms with Gasteiger partial charge in [-0.05, 0) is 31.1 Å². The van der Waals surface area contributed by atoms with Gasteiger partial charge < -0.3 is 20.1 Å². The third kappa shape index (κ3) is 3.56. The minimum absolute atomic E-state index is 0.0355. The van der Waals surface area contributed by atoms with Crippen LogP contribution in [0.25, 0.3) is 10.8 Å². The lowest BCUT2D eigenvalue weighted by atomic mass is 9.98. The molecular weight excluding hydrogens is 316 g/mol. The van der Waals surface area contributed by atoms with Crippen molar-refractivity contribution in [2.75, 3.05) is 19.8 Å². The Bertz CT molecular complexity index is 756. The van der Waals surface area contributed by atoms with E-state index in [9.17, 15) is 4.79 Å². The Morgan fingerprint density at radius 3 is 2.76 bits per heavy atom. The fourth-order valence-electron chi connectivity index (χ4n) is 3.70. The highest BCUT2D eigenvalue weighted by Gasteiger charge is 2.24. The molecule has 4 rings (SSSR count). The molecule has 25 heavy (non-hydrogen) atoms. The van der Waals surface area contributed by atoms with E-state index >= 15 is 0 Å². The van der Waals surface area contributed by atoms with Crippen LogP contribution in [0.15, 0.2) is 36.4 Å². The van der Waals surface area contributed by atoms with Gasteiger partial charge in [0, 0.05) is 17.6 Å². The van der Waals surface area contributed by atoms with Crippen LogP contribution in [-0.4, -0.2) is 31.9 Å². The van der Waals surface area contributed by atoms with Crippen LogP contribution >= 0.6 is 0 Å². The van der Waals surface area contributed by atoms with Crippen LogP contribution in [0.1, 0.15) is 37.3 Å². The maximum atomic E-state index is 12.4. The number of fused-ring (bicyclic) bond motifs is 3. The van der Waals surface area contributed by atoms with Crippen molar-refractivity contribution < 1.29 is 14.3 Å². The Kier molecular flexibility index (Phi) is 4.74. The highest BCUT2D eigenvalue weighted by atomic mass is 16.5. The van der Waals surface area contributed by atoms with Crippen molar-refractivity contribution in [1.29, 1.82) is 0 Å². The smallest absolute Gasteiger partial charge is 0.315 e. The molecule has 2 aliphatic heterocycles. The van der Waals surface area contributed by atoms with Crippen molar-refractivity contribution in [2.45, 2.75) is 37.8 Å². The Balaban J connectivity index is 1.54. The number of hydrogen-bond acceptors (Lipinski definition) is 3. The van der Waals surface area contributed by atoms with Gasteiger partial charge in [0.15, 0.2) is 0 Å². The number of amides is 2. The summed E-state index contributed by atoms with van der Waals surface area (Å²) >= 11 is 0. The monoisotopic (exact) mass is 340 g/mol. The summed E-state index contributed by atoms with van der Waals surface area (Å²) in [5.41, 5.74) is 1.06. The number of carbonyl (C=O) groups is 1. The first-order chi connectivity index (χ1) is 12.3. The Labute approximate surface area is 147 Å². The van der Waals surface area contributed by atoms with E-state index in [1.807, 2.05) is 12.1 Å². The maximum Gasteiger partial charge on any atom is 0.315 e. The first kappa shape index (κ1) is 16.2. The second-order valence-electron chi connectivity index (χ2n) is 6.78. The molecule has 2 aromatic carbocycles. The summed E-state index contributed by atoms with van der Waals surface area (Å²) in [7, 11) is 0. The van der Waals surface area contributed by atoms with Gasteiger partial charge in [-0.15, -0.1) is 0 Å². The molecule has 2 atom stereocenters. The molecule has 2 heterocycles. The van der Waals surface area contributed by atoms with Crippen molar-refractivity contribution in [1.82, 2.24) is 10.6 Å². The van der Waals surface area contributed by atoms with E-state index in [2.05, 4.69) is 34.9 Å². The minimum atomic E-state index is -0.124. The van der Waals surface area contributed by atoms with Gasteiger partial charge in [0.25, 0.3) is 0 Å². The molecule has 0 spiro atoms. The summed E-state index contributed by atoms with van der Waals surface area (Å²) in [5.74, 6) is 0.905.